The van der Waals surface area contributed by atoms with Gasteiger partial charge in [-0.2, -0.15) is 0 Å². The van der Waals surface area contributed by atoms with Gasteiger partial charge in [0.2, 0.25) is 0 Å². The van der Waals surface area contributed by atoms with E-state index in [0.717, 1.165) is 11.1 Å². The van der Waals surface area contributed by atoms with Gasteiger partial charge in [0, 0.05) is 30.4 Å². The van der Waals surface area contributed by atoms with Crippen LogP contribution in [-0.4, -0.2) is 51.4 Å². The Morgan fingerprint density at radius 2 is 2.19 bits per heavy atom. The van der Waals surface area contributed by atoms with Crippen molar-refractivity contribution in [2.24, 2.45) is 0 Å². The molecular weight excluding hydrogens is 391 g/mol. The molecule has 7 nitrogen and oxygen atoms in total. The summed E-state index contributed by atoms with van der Waals surface area (Å²) in [6, 6.07) is 4.56. The maximum atomic E-state index is 12.2. The Balaban J connectivity index is 1.94. The number of aliphatic hydroxyl groups is 1. The molecule has 1 saturated heterocycles. The van der Waals surface area contributed by atoms with Crippen LogP contribution in [0.2, 0.25) is 10.0 Å². The van der Waals surface area contributed by atoms with E-state index in [-0.39, 0.29) is 0 Å². The Bertz CT molecular complexity index is 1010. The van der Waals surface area contributed by atoms with Crippen molar-refractivity contribution in [3.05, 3.63) is 47.0 Å². The summed E-state index contributed by atoms with van der Waals surface area (Å²) >= 11 is 12.6. The number of anilines is 1. The number of carbonyl (C=O) groups is 1. The van der Waals surface area contributed by atoms with Crippen LogP contribution >= 0.6 is 23.2 Å². The first kappa shape index (κ1) is 18.0. The lowest BCUT2D eigenvalue weighted by Crippen LogP contribution is -2.43. The van der Waals surface area contributed by atoms with Crippen LogP contribution in [0.15, 0.2) is 36.9 Å². The van der Waals surface area contributed by atoms with Gasteiger partial charge >= 0.3 is 5.97 Å². The zero-order valence-electron chi connectivity index (χ0n) is 14.3. The minimum absolute atomic E-state index is 0.326. The molecule has 3 aromatic rings. The normalized spacial score (nSPS) is 19.6. The standard InChI is InChI=1S/C18H16Cl2N4O3/c1-27-18(26)17-13(25)4-6-24(17)14-8-12(23-7-5-21-9-23)10-2-3-11(19)15(20)16(10)22-14/h2-3,5,7-9,13,17,25H,4,6H2,1H3/t13-,17-/m1/s1. The number of hydrogen-bond donors (Lipinski definition) is 1. The van der Waals surface area contributed by atoms with Crippen LogP contribution in [-0.2, 0) is 9.53 Å². The molecular formula is C18H16Cl2N4O3. The summed E-state index contributed by atoms with van der Waals surface area (Å²) in [6.07, 6.45) is 4.74. The van der Waals surface area contributed by atoms with E-state index in [9.17, 15) is 9.90 Å². The third-order valence-corrected chi connectivity index (χ3v) is 5.52. The van der Waals surface area contributed by atoms with Gasteiger partial charge in [0.25, 0.3) is 0 Å². The van der Waals surface area contributed by atoms with Crippen LogP contribution in [0.3, 0.4) is 0 Å². The molecule has 1 N–H and O–H groups in total. The molecule has 1 aliphatic heterocycles. The van der Waals surface area contributed by atoms with Crippen LogP contribution in [0, 0.1) is 0 Å². The van der Waals surface area contributed by atoms with E-state index in [1.807, 2.05) is 16.7 Å². The van der Waals surface area contributed by atoms with Gasteiger partial charge in [0.15, 0.2) is 6.04 Å². The van der Waals surface area contributed by atoms with Crippen LogP contribution < -0.4 is 4.90 Å². The largest absolute Gasteiger partial charge is 0.467 e. The third-order valence-electron chi connectivity index (χ3n) is 4.72. The number of aromatic nitrogens is 3. The number of fused-ring (bicyclic) bond motifs is 1. The lowest BCUT2D eigenvalue weighted by molar-refractivity contribution is -0.144. The van der Waals surface area contributed by atoms with Crippen molar-refractivity contribution in [3.8, 4) is 5.69 Å². The molecule has 27 heavy (non-hydrogen) atoms. The van der Waals surface area contributed by atoms with Crippen molar-refractivity contribution in [1.29, 1.82) is 0 Å². The Morgan fingerprint density at radius 3 is 2.89 bits per heavy atom. The first-order chi connectivity index (χ1) is 13.0. The van der Waals surface area contributed by atoms with Gasteiger partial charge in [0.1, 0.15) is 5.82 Å². The van der Waals surface area contributed by atoms with E-state index >= 15 is 0 Å². The summed E-state index contributed by atoms with van der Waals surface area (Å²) in [4.78, 5) is 22.7. The average molecular weight is 407 g/mol. The van der Waals surface area contributed by atoms with E-state index in [1.54, 1.807) is 29.7 Å². The Kier molecular flexibility index (Phi) is 4.67. The zero-order chi connectivity index (χ0) is 19.1. The average Bonchev–Trinajstić information content (AvgIpc) is 3.33. The molecule has 0 spiro atoms. The summed E-state index contributed by atoms with van der Waals surface area (Å²) in [6.45, 7) is 0.459. The molecule has 4 rings (SSSR count). The Morgan fingerprint density at radius 1 is 1.37 bits per heavy atom. The fourth-order valence-corrected chi connectivity index (χ4v) is 3.76. The van der Waals surface area contributed by atoms with Gasteiger partial charge in [-0.15, -0.1) is 0 Å². The molecule has 0 aliphatic carbocycles. The number of nitrogens with zero attached hydrogens (tertiary/aromatic N) is 4. The van der Waals surface area contributed by atoms with E-state index in [4.69, 9.17) is 27.9 Å². The molecule has 0 amide bonds. The summed E-state index contributed by atoms with van der Waals surface area (Å²) in [5.74, 6) is -0.00872. The first-order valence-electron chi connectivity index (χ1n) is 8.31. The summed E-state index contributed by atoms with van der Waals surface area (Å²) in [5.41, 5.74) is 1.30. The number of pyridine rings is 1. The quantitative estimate of drug-likeness (QED) is 0.673. The number of halogens is 2. The number of esters is 1. The predicted octanol–water partition coefficient (Wildman–Crippen LogP) is 2.84. The number of benzene rings is 1. The molecule has 0 unspecified atom stereocenters. The molecule has 9 heteroatoms. The molecule has 2 aromatic heterocycles. The topological polar surface area (TPSA) is 80.5 Å². The second-order valence-corrected chi connectivity index (χ2v) is 7.03. The highest BCUT2D eigenvalue weighted by Gasteiger charge is 2.40. The van der Waals surface area contributed by atoms with E-state index in [0.29, 0.717) is 34.3 Å². The fourth-order valence-electron chi connectivity index (χ4n) is 3.40. The second kappa shape index (κ2) is 6.99. The van der Waals surface area contributed by atoms with E-state index in [1.165, 1.54) is 7.11 Å². The summed E-state index contributed by atoms with van der Waals surface area (Å²) in [5, 5.41) is 11.8. The monoisotopic (exact) mass is 406 g/mol. The SMILES string of the molecule is COC(=O)[C@H]1[C@H](O)CCN1c1cc(-n2ccnc2)c2ccc(Cl)c(Cl)c2n1. The number of hydrogen-bond acceptors (Lipinski definition) is 6. The fraction of sp³-hybridized carbons (Fsp3) is 0.278. The number of methoxy groups -OCH3 is 1. The zero-order valence-corrected chi connectivity index (χ0v) is 15.9. The van der Waals surface area contributed by atoms with Gasteiger partial charge in [0.05, 0.1) is 40.8 Å². The van der Waals surface area contributed by atoms with Crippen molar-refractivity contribution in [2.75, 3.05) is 18.6 Å². The van der Waals surface area contributed by atoms with Crippen molar-refractivity contribution in [3.63, 3.8) is 0 Å². The maximum absolute atomic E-state index is 12.2. The number of carbonyl (C=O) groups excluding carboxylic acids is 1. The van der Waals surface area contributed by atoms with Crippen molar-refractivity contribution in [1.82, 2.24) is 14.5 Å². The molecule has 0 saturated carbocycles. The molecule has 0 radical (unpaired) electrons. The minimum atomic E-state index is -0.832. The van der Waals surface area contributed by atoms with Crippen LogP contribution in [0.25, 0.3) is 16.6 Å². The smallest absolute Gasteiger partial charge is 0.331 e. The van der Waals surface area contributed by atoms with Gasteiger partial charge in [-0.25, -0.2) is 14.8 Å². The van der Waals surface area contributed by atoms with E-state index < -0.39 is 18.1 Å². The highest BCUT2D eigenvalue weighted by molar-refractivity contribution is 6.45. The van der Waals surface area contributed by atoms with Crippen molar-refractivity contribution < 1.29 is 14.6 Å². The van der Waals surface area contributed by atoms with Gasteiger partial charge < -0.3 is 19.3 Å². The number of aliphatic hydroxyl groups excluding tert-OH is 1. The second-order valence-electron chi connectivity index (χ2n) is 6.24. The van der Waals surface area contributed by atoms with Crippen LogP contribution in [0.5, 0.6) is 0 Å². The molecule has 3 heterocycles. The summed E-state index contributed by atoms with van der Waals surface area (Å²) in [7, 11) is 1.30. The van der Waals surface area contributed by atoms with E-state index in [2.05, 4.69) is 9.97 Å². The van der Waals surface area contributed by atoms with Gasteiger partial charge in [-0.1, -0.05) is 23.2 Å². The molecule has 1 fully saturated rings. The van der Waals surface area contributed by atoms with Crippen molar-refractivity contribution >= 4 is 45.9 Å². The predicted molar refractivity (Wildman–Crippen MR) is 103 cm³/mol. The highest BCUT2D eigenvalue weighted by atomic mass is 35.5. The number of rotatable bonds is 3. The molecule has 1 aliphatic rings. The Hall–Kier alpha value is -2.35. The lowest BCUT2D eigenvalue weighted by Gasteiger charge is -2.26. The molecule has 140 valence electrons. The van der Waals surface area contributed by atoms with Gasteiger partial charge in [-0.05, 0) is 18.6 Å². The summed E-state index contributed by atoms with van der Waals surface area (Å²) < 4.78 is 6.69. The highest BCUT2D eigenvalue weighted by Crippen LogP contribution is 2.36. The van der Waals surface area contributed by atoms with Gasteiger partial charge in [-0.3, -0.25) is 0 Å². The molecule has 2 atom stereocenters. The van der Waals surface area contributed by atoms with Crippen molar-refractivity contribution in [2.45, 2.75) is 18.6 Å². The third kappa shape index (κ3) is 3.01. The number of ether oxygens (including phenoxy) is 1. The maximum Gasteiger partial charge on any atom is 0.331 e. The number of imidazole rings is 1. The lowest BCUT2D eigenvalue weighted by atomic mass is 10.1. The molecule has 1 aromatic carbocycles. The Labute approximate surface area is 165 Å². The van der Waals surface area contributed by atoms with Crippen LogP contribution in [0.1, 0.15) is 6.42 Å². The first-order valence-corrected chi connectivity index (χ1v) is 9.06. The van der Waals surface area contributed by atoms with Crippen LogP contribution in [0.4, 0.5) is 5.82 Å². The minimum Gasteiger partial charge on any atom is -0.467 e. The molecule has 0 bridgehead atoms.